The first-order valence-electron chi connectivity index (χ1n) is 14.4. The molecule has 13 heteroatoms. The molecule has 48 heavy (non-hydrogen) atoms. The van der Waals surface area contributed by atoms with Crippen LogP contribution < -0.4 is 19.5 Å². The van der Waals surface area contributed by atoms with E-state index in [9.17, 15) is 14.4 Å². The van der Waals surface area contributed by atoms with Crippen LogP contribution in [0.4, 0.5) is 11.6 Å². The summed E-state index contributed by atoms with van der Waals surface area (Å²) in [7, 11) is 0. The SMILES string of the molecule is C=CC(=O)OCOc1ccc(Cc2nc(Cc3ccc(OCOC(=O)C=C)cc3)nc(Nc3ccc(OCOC(=O)C=C)cc3)n2)cc1. The lowest BCUT2D eigenvalue weighted by Crippen LogP contribution is -2.09. The molecule has 0 aliphatic heterocycles. The van der Waals surface area contributed by atoms with Crippen molar-refractivity contribution in [3.63, 3.8) is 0 Å². The Labute approximate surface area is 276 Å². The van der Waals surface area contributed by atoms with Crippen molar-refractivity contribution >= 4 is 29.5 Å². The number of nitrogens with one attached hydrogen (secondary N) is 1. The molecular weight excluding hydrogens is 620 g/mol. The maximum Gasteiger partial charge on any atom is 0.333 e. The summed E-state index contributed by atoms with van der Waals surface area (Å²) in [6.45, 7) is 9.31. The number of rotatable bonds is 18. The van der Waals surface area contributed by atoms with E-state index in [-0.39, 0.29) is 20.4 Å². The Kier molecular flexibility index (Phi) is 12.8. The third-order valence-corrected chi connectivity index (χ3v) is 6.19. The van der Waals surface area contributed by atoms with E-state index in [1.807, 2.05) is 24.3 Å². The number of hydrogen-bond acceptors (Lipinski definition) is 13. The Morgan fingerprint density at radius 2 is 0.896 bits per heavy atom. The van der Waals surface area contributed by atoms with Gasteiger partial charge in [-0.15, -0.1) is 0 Å². The Morgan fingerprint density at radius 3 is 1.25 bits per heavy atom. The number of carbonyl (C=O) groups is 3. The molecule has 0 saturated carbocycles. The lowest BCUT2D eigenvalue weighted by atomic mass is 10.1. The number of carbonyl (C=O) groups excluding carboxylic acids is 3. The summed E-state index contributed by atoms with van der Waals surface area (Å²) in [6.07, 6.45) is 3.96. The van der Waals surface area contributed by atoms with Crippen LogP contribution in [0.3, 0.4) is 0 Å². The van der Waals surface area contributed by atoms with Gasteiger partial charge in [0.2, 0.25) is 26.3 Å². The molecule has 0 aliphatic carbocycles. The Balaban J connectivity index is 1.47. The van der Waals surface area contributed by atoms with Crippen molar-refractivity contribution in [3.8, 4) is 17.2 Å². The van der Waals surface area contributed by atoms with E-state index in [0.29, 0.717) is 53.4 Å². The predicted molar refractivity (Wildman–Crippen MR) is 173 cm³/mol. The molecule has 3 aromatic carbocycles. The summed E-state index contributed by atoms with van der Waals surface area (Å²) in [5.41, 5.74) is 2.50. The molecule has 0 fully saturated rings. The van der Waals surface area contributed by atoms with Gasteiger partial charge in [-0.2, -0.15) is 9.97 Å². The molecule has 4 rings (SSSR count). The van der Waals surface area contributed by atoms with Crippen molar-refractivity contribution < 1.29 is 42.8 Å². The molecule has 0 saturated heterocycles. The van der Waals surface area contributed by atoms with Crippen LogP contribution in [0.1, 0.15) is 22.8 Å². The highest BCUT2D eigenvalue weighted by atomic mass is 16.7. The van der Waals surface area contributed by atoms with Gasteiger partial charge in [0.05, 0.1) is 0 Å². The van der Waals surface area contributed by atoms with Crippen molar-refractivity contribution in [3.05, 3.63) is 134 Å². The number of hydrogen-bond donors (Lipinski definition) is 1. The molecule has 0 amide bonds. The summed E-state index contributed by atoms with van der Waals surface area (Å²) < 4.78 is 30.8. The van der Waals surface area contributed by atoms with Gasteiger partial charge >= 0.3 is 17.9 Å². The smallest absolute Gasteiger partial charge is 0.333 e. The third-order valence-electron chi connectivity index (χ3n) is 6.19. The van der Waals surface area contributed by atoms with E-state index < -0.39 is 17.9 Å². The first kappa shape index (κ1) is 34.4. The fourth-order valence-corrected chi connectivity index (χ4v) is 3.86. The minimum absolute atomic E-state index is 0.234. The molecule has 1 aromatic heterocycles. The highest BCUT2D eigenvalue weighted by Gasteiger charge is 2.11. The second-order valence-corrected chi connectivity index (χ2v) is 9.57. The molecule has 4 aromatic rings. The minimum Gasteiger partial charge on any atom is -0.457 e. The fourth-order valence-electron chi connectivity index (χ4n) is 3.86. The standard InChI is InChI=1S/C35H32N4O9/c1-4-32(40)46-21-43-27-13-7-24(8-14-27)19-30-37-31(20-25-9-15-28(16-10-25)44-22-47-33(41)5-2)39-35(38-30)36-26-11-17-29(18-12-26)45-23-48-34(42)6-3/h4-18H,1-3,19-23H2,(H,36,37,38,39). The van der Waals surface area contributed by atoms with Crippen molar-refractivity contribution in [2.24, 2.45) is 0 Å². The van der Waals surface area contributed by atoms with Gasteiger partial charge in [0.15, 0.2) is 0 Å². The monoisotopic (exact) mass is 652 g/mol. The largest absolute Gasteiger partial charge is 0.457 e. The molecule has 0 bridgehead atoms. The molecule has 1 N–H and O–H groups in total. The first-order chi connectivity index (χ1) is 23.3. The molecule has 0 unspecified atom stereocenters. The molecule has 0 aliphatic rings. The van der Waals surface area contributed by atoms with Crippen LogP contribution in [0.2, 0.25) is 0 Å². The van der Waals surface area contributed by atoms with Gasteiger partial charge < -0.3 is 33.7 Å². The second-order valence-electron chi connectivity index (χ2n) is 9.57. The lowest BCUT2D eigenvalue weighted by Gasteiger charge is -2.11. The van der Waals surface area contributed by atoms with E-state index in [4.69, 9.17) is 33.4 Å². The van der Waals surface area contributed by atoms with E-state index in [2.05, 4.69) is 35.0 Å². The van der Waals surface area contributed by atoms with Crippen LogP contribution in [0.15, 0.2) is 111 Å². The van der Waals surface area contributed by atoms with Crippen LogP contribution in [0.25, 0.3) is 0 Å². The quantitative estimate of drug-likeness (QED) is 0.0664. The predicted octanol–water partition coefficient (Wildman–Crippen LogP) is 4.99. The Hall–Kier alpha value is -6.50. The van der Waals surface area contributed by atoms with Gasteiger partial charge in [-0.3, -0.25) is 0 Å². The van der Waals surface area contributed by atoms with E-state index in [1.54, 1.807) is 48.5 Å². The molecule has 13 nitrogen and oxygen atoms in total. The van der Waals surface area contributed by atoms with Gasteiger partial charge in [-0.1, -0.05) is 44.0 Å². The minimum atomic E-state index is -0.582. The van der Waals surface area contributed by atoms with Crippen LogP contribution in [0.5, 0.6) is 17.2 Å². The summed E-state index contributed by atoms with van der Waals surface area (Å²) in [6, 6.07) is 21.4. The van der Waals surface area contributed by atoms with Crippen LogP contribution in [-0.4, -0.2) is 53.2 Å². The van der Waals surface area contributed by atoms with Crippen molar-refractivity contribution in [1.82, 2.24) is 15.0 Å². The van der Waals surface area contributed by atoms with Crippen LogP contribution >= 0.6 is 0 Å². The topological polar surface area (TPSA) is 157 Å². The molecule has 0 atom stereocenters. The van der Waals surface area contributed by atoms with E-state index in [1.165, 1.54) is 0 Å². The molecular formula is C35H32N4O9. The van der Waals surface area contributed by atoms with Crippen LogP contribution in [-0.2, 0) is 41.4 Å². The van der Waals surface area contributed by atoms with Crippen molar-refractivity contribution in [2.45, 2.75) is 12.8 Å². The maximum absolute atomic E-state index is 11.2. The Morgan fingerprint density at radius 1 is 0.542 bits per heavy atom. The van der Waals surface area contributed by atoms with Gasteiger partial charge in [-0.05, 0) is 59.7 Å². The van der Waals surface area contributed by atoms with Crippen LogP contribution in [0, 0.1) is 0 Å². The number of esters is 3. The molecule has 0 radical (unpaired) electrons. The average Bonchev–Trinajstić information content (AvgIpc) is 3.10. The lowest BCUT2D eigenvalue weighted by molar-refractivity contribution is -0.145. The van der Waals surface area contributed by atoms with Crippen molar-refractivity contribution in [1.29, 1.82) is 0 Å². The average molecular weight is 653 g/mol. The van der Waals surface area contributed by atoms with Gasteiger partial charge in [0.1, 0.15) is 28.9 Å². The molecule has 0 spiro atoms. The number of nitrogens with zero attached hydrogens (tertiary/aromatic N) is 3. The molecule has 246 valence electrons. The number of aromatic nitrogens is 3. The van der Waals surface area contributed by atoms with E-state index in [0.717, 1.165) is 29.4 Å². The second kappa shape index (κ2) is 17.8. The number of ether oxygens (including phenoxy) is 6. The van der Waals surface area contributed by atoms with Gasteiger partial charge in [0, 0.05) is 36.8 Å². The van der Waals surface area contributed by atoms with E-state index >= 15 is 0 Å². The summed E-state index contributed by atoms with van der Waals surface area (Å²) in [5.74, 6) is 1.17. The van der Waals surface area contributed by atoms with Crippen molar-refractivity contribution in [2.75, 3.05) is 25.7 Å². The zero-order chi connectivity index (χ0) is 34.1. The zero-order valence-electron chi connectivity index (χ0n) is 25.8. The first-order valence-corrected chi connectivity index (χ1v) is 14.4. The van der Waals surface area contributed by atoms with Gasteiger partial charge in [-0.25, -0.2) is 19.4 Å². The summed E-state index contributed by atoms with van der Waals surface area (Å²) in [5, 5.41) is 3.21. The maximum atomic E-state index is 11.2. The normalized spacial score (nSPS) is 10.2. The Bertz CT molecular complexity index is 1510. The zero-order valence-corrected chi connectivity index (χ0v) is 25.8. The third kappa shape index (κ3) is 11.5. The highest BCUT2D eigenvalue weighted by Crippen LogP contribution is 2.21. The highest BCUT2D eigenvalue weighted by molar-refractivity contribution is 5.81. The number of anilines is 2. The molecule has 1 heterocycles. The number of benzene rings is 3. The fraction of sp³-hybridized carbons (Fsp3) is 0.143. The summed E-state index contributed by atoms with van der Waals surface area (Å²) in [4.78, 5) is 47.6. The summed E-state index contributed by atoms with van der Waals surface area (Å²) >= 11 is 0. The van der Waals surface area contributed by atoms with Gasteiger partial charge in [0.25, 0.3) is 0 Å².